The molecule has 2 aromatic heterocycles. The highest BCUT2D eigenvalue weighted by atomic mass is 19.1. The lowest BCUT2D eigenvalue weighted by Crippen LogP contribution is -2.15. The zero-order valence-electron chi connectivity index (χ0n) is 11.7. The number of aryl methyl sites for hydroxylation is 1. The largest absolute Gasteiger partial charge is 0.435 e. The van der Waals surface area contributed by atoms with Gasteiger partial charge in [-0.2, -0.15) is 0 Å². The molecule has 0 aliphatic heterocycles. The first-order valence-corrected chi connectivity index (χ1v) is 6.65. The van der Waals surface area contributed by atoms with Crippen LogP contribution < -0.4 is 10.1 Å². The molecule has 0 unspecified atom stereocenters. The molecule has 0 bridgehead atoms. The number of rotatable bonds is 6. The van der Waals surface area contributed by atoms with E-state index in [2.05, 4.69) is 22.2 Å². The Hall–Kier alpha value is -2.01. The van der Waals surface area contributed by atoms with Crippen LogP contribution in [-0.2, 0) is 6.54 Å². The number of halogens is 1. The van der Waals surface area contributed by atoms with Crippen LogP contribution in [0.15, 0.2) is 30.6 Å². The normalized spacial score (nSPS) is 10.6. The van der Waals surface area contributed by atoms with E-state index in [9.17, 15) is 4.39 Å². The Morgan fingerprint density at radius 3 is 2.80 bits per heavy atom. The van der Waals surface area contributed by atoms with Crippen molar-refractivity contribution in [3.8, 4) is 11.6 Å². The lowest BCUT2D eigenvalue weighted by Gasteiger charge is -2.09. The summed E-state index contributed by atoms with van der Waals surface area (Å²) < 4.78 is 19.7. The molecule has 0 radical (unpaired) electrons. The van der Waals surface area contributed by atoms with Gasteiger partial charge in [0.2, 0.25) is 0 Å². The summed E-state index contributed by atoms with van der Waals surface area (Å²) in [5, 5.41) is 3.16. The van der Waals surface area contributed by atoms with Crippen LogP contribution >= 0.6 is 0 Å². The molecule has 0 aliphatic carbocycles. The molecule has 20 heavy (non-hydrogen) atoms. The van der Waals surface area contributed by atoms with Crippen molar-refractivity contribution in [1.29, 1.82) is 0 Å². The minimum Gasteiger partial charge on any atom is -0.435 e. The van der Waals surface area contributed by atoms with Crippen LogP contribution in [0.3, 0.4) is 0 Å². The lowest BCUT2D eigenvalue weighted by atomic mass is 10.2. The van der Waals surface area contributed by atoms with Gasteiger partial charge >= 0.3 is 0 Å². The van der Waals surface area contributed by atoms with Gasteiger partial charge in [-0.3, -0.25) is 4.98 Å². The molecular weight excluding hydrogens is 257 g/mol. The van der Waals surface area contributed by atoms with Gasteiger partial charge in [-0.05, 0) is 38.1 Å². The van der Waals surface area contributed by atoms with Gasteiger partial charge in [-0.25, -0.2) is 9.37 Å². The highest BCUT2D eigenvalue weighted by molar-refractivity contribution is 5.29. The van der Waals surface area contributed by atoms with Gasteiger partial charge in [-0.15, -0.1) is 0 Å². The van der Waals surface area contributed by atoms with Gasteiger partial charge in [0.1, 0.15) is 5.75 Å². The van der Waals surface area contributed by atoms with E-state index in [0.717, 1.165) is 18.7 Å². The lowest BCUT2D eigenvalue weighted by molar-refractivity contribution is 0.416. The van der Waals surface area contributed by atoms with E-state index in [0.29, 0.717) is 17.9 Å². The van der Waals surface area contributed by atoms with E-state index in [-0.39, 0.29) is 5.88 Å². The summed E-state index contributed by atoms with van der Waals surface area (Å²) in [6.45, 7) is 5.25. The second-order valence-corrected chi connectivity index (χ2v) is 4.50. The van der Waals surface area contributed by atoms with Crippen LogP contribution in [-0.4, -0.2) is 16.5 Å². The SMILES string of the molecule is CCCNCc1ccnc(Oc2ccc(C)nc2)c1F. The van der Waals surface area contributed by atoms with E-state index in [4.69, 9.17) is 4.74 Å². The third kappa shape index (κ3) is 3.74. The number of aromatic nitrogens is 2. The summed E-state index contributed by atoms with van der Waals surface area (Å²) in [7, 11) is 0. The fourth-order valence-corrected chi connectivity index (χ4v) is 1.70. The third-order valence-electron chi connectivity index (χ3n) is 2.78. The van der Waals surface area contributed by atoms with Crippen molar-refractivity contribution in [3.63, 3.8) is 0 Å². The third-order valence-corrected chi connectivity index (χ3v) is 2.78. The topological polar surface area (TPSA) is 47.0 Å². The van der Waals surface area contributed by atoms with Crippen molar-refractivity contribution in [3.05, 3.63) is 47.7 Å². The first-order valence-electron chi connectivity index (χ1n) is 6.65. The molecule has 5 heteroatoms. The van der Waals surface area contributed by atoms with Crippen LogP contribution in [0.5, 0.6) is 11.6 Å². The second kappa shape index (κ2) is 6.96. The maximum absolute atomic E-state index is 14.2. The minimum atomic E-state index is -0.434. The van der Waals surface area contributed by atoms with E-state index < -0.39 is 5.82 Å². The first-order chi connectivity index (χ1) is 9.70. The molecule has 0 fully saturated rings. The first kappa shape index (κ1) is 14.4. The Labute approximate surface area is 118 Å². The zero-order valence-corrected chi connectivity index (χ0v) is 11.7. The minimum absolute atomic E-state index is 0.0218. The summed E-state index contributed by atoms with van der Waals surface area (Å²) in [5.41, 5.74) is 1.42. The van der Waals surface area contributed by atoms with Crippen molar-refractivity contribution >= 4 is 0 Å². The fraction of sp³-hybridized carbons (Fsp3) is 0.333. The van der Waals surface area contributed by atoms with E-state index in [1.54, 1.807) is 30.6 Å². The molecule has 0 atom stereocenters. The Kier molecular flexibility index (Phi) is 5.01. The Morgan fingerprint density at radius 2 is 2.10 bits per heavy atom. The summed E-state index contributed by atoms with van der Waals surface area (Å²) in [6.07, 6.45) is 4.10. The van der Waals surface area contributed by atoms with Crippen LogP contribution in [0.25, 0.3) is 0 Å². The van der Waals surface area contributed by atoms with Crippen molar-refractivity contribution in [1.82, 2.24) is 15.3 Å². The molecular formula is C15H18FN3O. The monoisotopic (exact) mass is 275 g/mol. The predicted molar refractivity (Wildman–Crippen MR) is 75.2 cm³/mol. The van der Waals surface area contributed by atoms with Gasteiger partial charge in [0, 0.05) is 24.0 Å². The molecule has 2 heterocycles. The number of ether oxygens (including phenoxy) is 1. The Balaban J connectivity index is 2.11. The van der Waals surface area contributed by atoms with Gasteiger partial charge < -0.3 is 10.1 Å². The maximum Gasteiger partial charge on any atom is 0.256 e. The highest BCUT2D eigenvalue weighted by Gasteiger charge is 2.11. The predicted octanol–water partition coefficient (Wildman–Crippen LogP) is 3.22. The van der Waals surface area contributed by atoms with E-state index in [1.165, 1.54) is 0 Å². The van der Waals surface area contributed by atoms with Crippen LogP contribution in [0.1, 0.15) is 24.6 Å². The second-order valence-electron chi connectivity index (χ2n) is 4.50. The fourth-order valence-electron chi connectivity index (χ4n) is 1.70. The maximum atomic E-state index is 14.2. The number of nitrogens with zero attached hydrogens (tertiary/aromatic N) is 2. The van der Waals surface area contributed by atoms with E-state index in [1.807, 2.05) is 6.92 Å². The number of hydrogen-bond donors (Lipinski definition) is 1. The average Bonchev–Trinajstić information content (AvgIpc) is 2.45. The Morgan fingerprint density at radius 1 is 1.25 bits per heavy atom. The molecule has 0 saturated carbocycles. The Bertz CT molecular complexity index is 558. The molecule has 0 spiro atoms. The van der Waals surface area contributed by atoms with Gasteiger partial charge in [0.15, 0.2) is 5.82 Å². The quantitative estimate of drug-likeness (QED) is 0.822. The van der Waals surface area contributed by atoms with Gasteiger partial charge in [-0.1, -0.05) is 6.92 Å². The zero-order chi connectivity index (χ0) is 14.4. The van der Waals surface area contributed by atoms with Crippen LogP contribution in [0, 0.1) is 12.7 Å². The molecule has 0 amide bonds. The summed E-state index contributed by atoms with van der Waals surface area (Å²) in [4.78, 5) is 8.03. The van der Waals surface area contributed by atoms with Crippen molar-refractivity contribution < 1.29 is 9.13 Å². The number of nitrogens with one attached hydrogen (secondary N) is 1. The molecule has 1 N–H and O–H groups in total. The molecule has 0 aliphatic rings. The smallest absolute Gasteiger partial charge is 0.256 e. The molecule has 4 nitrogen and oxygen atoms in total. The molecule has 2 aromatic rings. The molecule has 106 valence electrons. The average molecular weight is 275 g/mol. The van der Waals surface area contributed by atoms with Crippen molar-refractivity contribution in [2.75, 3.05) is 6.54 Å². The molecule has 0 aromatic carbocycles. The van der Waals surface area contributed by atoms with Crippen molar-refractivity contribution in [2.24, 2.45) is 0 Å². The highest BCUT2D eigenvalue weighted by Crippen LogP contribution is 2.23. The van der Waals surface area contributed by atoms with Crippen molar-refractivity contribution in [2.45, 2.75) is 26.8 Å². The summed E-state index contributed by atoms with van der Waals surface area (Å²) in [6, 6.07) is 5.20. The standard InChI is InChI=1S/C15H18FN3O/c1-3-7-17-9-12-6-8-18-15(14(12)16)20-13-5-4-11(2)19-10-13/h4-6,8,10,17H,3,7,9H2,1-2H3. The summed E-state index contributed by atoms with van der Waals surface area (Å²) in [5.74, 6) is 0.0174. The molecule has 0 saturated heterocycles. The summed E-state index contributed by atoms with van der Waals surface area (Å²) >= 11 is 0. The molecule has 2 rings (SSSR count). The van der Waals surface area contributed by atoms with Crippen LogP contribution in [0.2, 0.25) is 0 Å². The van der Waals surface area contributed by atoms with Gasteiger partial charge in [0.05, 0.1) is 6.20 Å². The van der Waals surface area contributed by atoms with Crippen LogP contribution in [0.4, 0.5) is 4.39 Å². The van der Waals surface area contributed by atoms with Gasteiger partial charge in [0.25, 0.3) is 5.88 Å². The number of pyridine rings is 2. The van der Waals surface area contributed by atoms with E-state index >= 15 is 0 Å². The number of hydrogen-bond acceptors (Lipinski definition) is 4.